The Kier molecular flexibility index (Phi) is 4.21. The van der Waals surface area contributed by atoms with Crippen molar-refractivity contribution in [1.82, 2.24) is 5.32 Å². The molecule has 0 bridgehead atoms. The second kappa shape index (κ2) is 7.01. The molecule has 1 aliphatic rings. The largest absolute Gasteiger partial charge is 0.456 e. The van der Waals surface area contributed by atoms with Gasteiger partial charge in [0, 0.05) is 35.5 Å². The fourth-order valence-electron chi connectivity index (χ4n) is 4.08. The number of hydrogen-bond acceptors (Lipinski definition) is 3. The summed E-state index contributed by atoms with van der Waals surface area (Å²) in [6.45, 7) is 0.691. The summed E-state index contributed by atoms with van der Waals surface area (Å²) in [5.41, 5.74) is 5.24. The summed E-state index contributed by atoms with van der Waals surface area (Å²) in [6.07, 6.45) is 3.22. The van der Waals surface area contributed by atoms with Crippen LogP contribution in [0.25, 0.3) is 21.9 Å². The number of benzene rings is 3. The van der Waals surface area contributed by atoms with Crippen LogP contribution in [0.4, 0.5) is 0 Å². The Morgan fingerprint density at radius 1 is 0.857 bits per heavy atom. The summed E-state index contributed by atoms with van der Waals surface area (Å²) < 4.78 is 5.90. The molecule has 1 aliphatic carbocycles. The molecular weight excluding hydrogens is 346 g/mol. The zero-order chi connectivity index (χ0) is 18.9. The van der Waals surface area contributed by atoms with Gasteiger partial charge in [0.15, 0.2) is 5.78 Å². The van der Waals surface area contributed by atoms with Gasteiger partial charge in [-0.1, -0.05) is 54.6 Å². The van der Waals surface area contributed by atoms with Crippen molar-refractivity contribution in [2.45, 2.75) is 25.3 Å². The second-order valence-electron chi connectivity index (χ2n) is 7.43. The summed E-state index contributed by atoms with van der Waals surface area (Å²) in [4.78, 5) is 12.2. The number of hydrogen-bond donors (Lipinski definition) is 1. The summed E-state index contributed by atoms with van der Waals surface area (Å²) >= 11 is 0. The Hall–Kier alpha value is -3.33. The van der Waals surface area contributed by atoms with Crippen LogP contribution in [-0.2, 0) is 11.3 Å². The number of allylic oxidation sites excluding steroid dienone is 2. The van der Waals surface area contributed by atoms with Crippen molar-refractivity contribution in [3.63, 3.8) is 0 Å². The number of carbonyl (C=O) groups excluding carboxylic acids is 1. The molecule has 3 aromatic carbocycles. The smallest absolute Gasteiger partial charge is 0.158 e. The van der Waals surface area contributed by atoms with Gasteiger partial charge in [0.1, 0.15) is 11.2 Å². The molecule has 0 saturated heterocycles. The van der Waals surface area contributed by atoms with Gasteiger partial charge in [-0.2, -0.15) is 0 Å². The van der Waals surface area contributed by atoms with Crippen molar-refractivity contribution < 1.29 is 9.21 Å². The number of ketones is 1. The maximum Gasteiger partial charge on any atom is 0.158 e. The van der Waals surface area contributed by atoms with Crippen molar-refractivity contribution in [2.24, 2.45) is 0 Å². The lowest BCUT2D eigenvalue weighted by molar-refractivity contribution is -0.115. The third-order valence-corrected chi connectivity index (χ3v) is 5.48. The number of para-hydroxylation sites is 1. The Labute approximate surface area is 163 Å². The Balaban J connectivity index is 1.35. The molecular formula is C25H21NO2. The lowest BCUT2D eigenvalue weighted by Gasteiger charge is -2.23. The molecule has 1 heterocycles. The van der Waals surface area contributed by atoms with Crippen LogP contribution in [0.15, 0.2) is 89.0 Å². The predicted octanol–water partition coefficient (Wildman–Crippen LogP) is 5.71. The van der Waals surface area contributed by atoms with E-state index in [0.29, 0.717) is 13.0 Å². The molecule has 1 N–H and O–H groups in total. The monoisotopic (exact) mass is 367 g/mol. The van der Waals surface area contributed by atoms with E-state index >= 15 is 0 Å². The van der Waals surface area contributed by atoms with Crippen LogP contribution in [0, 0.1) is 0 Å². The van der Waals surface area contributed by atoms with E-state index in [1.807, 2.05) is 42.5 Å². The van der Waals surface area contributed by atoms with Gasteiger partial charge in [-0.05, 0) is 41.7 Å². The molecule has 0 radical (unpaired) electrons. The molecule has 0 aliphatic heterocycles. The third-order valence-electron chi connectivity index (χ3n) is 5.48. The van der Waals surface area contributed by atoms with E-state index in [2.05, 4.69) is 35.6 Å². The average molecular weight is 367 g/mol. The van der Waals surface area contributed by atoms with Crippen LogP contribution in [0.2, 0.25) is 0 Å². The van der Waals surface area contributed by atoms with Gasteiger partial charge in [0.25, 0.3) is 0 Å². The van der Waals surface area contributed by atoms with E-state index in [0.717, 1.165) is 34.1 Å². The minimum Gasteiger partial charge on any atom is -0.456 e. The molecule has 0 fully saturated rings. The predicted molar refractivity (Wildman–Crippen MR) is 112 cm³/mol. The van der Waals surface area contributed by atoms with Crippen LogP contribution in [0.3, 0.4) is 0 Å². The van der Waals surface area contributed by atoms with E-state index < -0.39 is 0 Å². The highest BCUT2D eigenvalue weighted by Crippen LogP contribution is 2.31. The second-order valence-corrected chi connectivity index (χ2v) is 7.43. The van der Waals surface area contributed by atoms with Crippen molar-refractivity contribution in [1.29, 1.82) is 0 Å². The maximum atomic E-state index is 12.2. The van der Waals surface area contributed by atoms with E-state index in [1.54, 1.807) is 6.08 Å². The first kappa shape index (κ1) is 16.8. The Morgan fingerprint density at radius 3 is 2.54 bits per heavy atom. The van der Waals surface area contributed by atoms with Crippen LogP contribution >= 0.6 is 0 Å². The highest BCUT2D eigenvalue weighted by Gasteiger charge is 2.22. The standard InChI is InChI=1S/C25H21NO2/c27-21-14-19(18-6-2-1-3-7-18)13-20(15-21)26-16-17-10-11-25-23(12-17)22-8-4-5-9-24(22)28-25/h1-12,15,19,26H,13-14,16H2. The van der Waals surface area contributed by atoms with Gasteiger partial charge in [-0.25, -0.2) is 0 Å². The third kappa shape index (κ3) is 3.20. The summed E-state index contributed by atoms with van der Waals surface area (Å²) in [7, 11) is 0. The van der Waals surface area contributed by atoms with Crippen LogP contribution < -0.4 is 5.32 Å². The first-order chi connectivity index (χ1) is 13.8. The minimum absolute atomic E-state index is 0.193. The summed E-state index contributed by atoms with van der Waals surface area (Å²) in [5.74, 6) is 0.445. The molecule has 3 nitrogen and oxygen atoms in total. The molecule has 0 amide bonds. The van der Waals surface area contributed by atoms with Crippen LogP contribution in [0.1, 0.15) is 29.9 Å². The number of nitrogens with one attached hydrogen (secondary N) is 1. The molecule has 1 atom stereocenters. The van der Waals surface area contributed by atoms with Gasteiger partial charge in [0.05, 0.1) is 0 Å². The van der Waals surface area contributed by atoms with Gasteiger partial charge >= 0.3 is 0 Å². The fraction of sp³-hybridized carbons (Fsp3) is 0.160. The highest BCUT2D eigenvalue weighted by molar-refractivity contribution is 6.05. The Bertz CT molecular complexity index is 1190. The fourth-order valence-corrected chi connectivity index (χ4v) is 4.08. The van der Waals surface area contributed by atoms with Gasteiger partial charge in [-0.15, -0.1) is 0 Å². The SMILES string of the molecule is O=C1C=C(NCc2ccc3oc4ccccc4c3c2)CC(c2ccccc2)C1. The van der Waals surface area contributed by atoms with Crippen LogP contribution in [-0.4, -0.2) is 5.78 Å². The lowest BCUT2D eigenvalue weighted by Crippen LogP contribution is -2.21. The number of rotatable bonds is 4. The first-order valence-electron chi connectivity index (χ1n) is 9.69. The molecule has 5 rings (SSSR count). The first-order valence-corrected chi connectivity index (χ1v) is 9.69. The molecule has 3 heteroatoms. The zero-order valence-corrected chi connectivity index (χ0v) is 15.5. The quantitative estimate of drug-likeness (QED) is 0.503. The lowest BCUT2D eigenvalue weighted by atomic mass is 9.85. The van der Waals surface area contributed by atoms with Crippen LogP contribution in [0.5, 0.6) is 0 Å². The van der Waals surface area contributed by atoms with E-state index in [9.17, 15) is 4.79 Å². The van der Waals surface area contributed by atoms with Crippen molar-refractivity contribution in [3.05, 3.63) is 95.7 Å². The molecule has 28 heavy (non-hydrogen) atoms. The summed E-state index contributed by atoms with van der Waals surface area (Å²) in [5, 5.41) is 5.75. The van der Waals surface area contributed by atoms with Gasteiger partial charge in [0.2, 0.25) is 0 Å². The van der Waals surface area contributed by atoms with Crippen molar-refractivity contribution >= 4 is 27.7 Å². The van der Waals surface area contributed by atoms with E-state index in [4.69, 9.17) is 4.42 Å². The molecule has 138 valence electrons. The van der Waals surface area contributed by atoms with Crippen molar-refractivity contribution in [2.75, 3.05) is 0 Å². The topological polar surface area (TPSA) is 42.2 Å². The van der Waals surface area contributed by atoms with Gasteiger partial charge in [-0.3, -0.25) is 4.79 Å². The van der Waals surface area contributed by atoms with E-state index in [-0.39, 0.29) is 11.7 Å². The van der Waals surface area contributed by atoms with Crippen molar-refractivity contribution in [3.8, 4) is 0 Å². The molecule has 1 unspecified atom stereocenters. The average Bonchev–Trinajstić information content (AvgIpc) is 3.10. The number of fused-ring (bicyclic) bond motifs is 3. The number of furan rings is 1. The summed E-state index contributed by atoms with van der Waals surface area (Å²) in [6, 6.07) is 24.7. The molecule has 0 spiro atoms. The maximum absolute atomic E-state index is 12.2. The molecule has 4 aromatic rings. The normalized spacial score (nSPS) is 17.1. The Morgan fingerprint density at radius 2 is 1.64 bits per heavy atom. The molecule has 1 aromatic heterocycles. The highest BCUT2D eigenvalue weighted by atomic mass is 16.3. The minimum atomic E-state index is 0.193. The number of carbonyl (C=O) groups is 1. The molecule has 0 saturated carbocycles. The van der Waals surface area contributed by atoms with Gasteiger partial charge < -0.3 is 9.73 Å². The zero-order valence-electron chi connectivity index (χ0n) is 15.5. The van der Waals surface area contributed by atoms with E-state index in [1.165, 1.54) is 11.1 Å².